The fraction of sp³-hybridized carbons (Fsp3) is 0.400. The molecule has 0 aliphatic rings. The topological polar surface area (TPSA) is 43.4 Å². The van der Waals surface area contributed by atoms with E-state index in [4.69, 9.17) is 9.47 Å². The molecule has 0 bridgehead atoms. The van der Waals surface area contributed by atoms with Gasteiger partial charge in [-0.25, -0.2) is 4.98 Å². The molecular weight excluding hydrogens is 272 g/mol. The molecule has 0 saturated heterocycles. The van der Waals surface area contributed by atoms with Crippen LogP contribution >= 0.6 is 11.3 Å². The Morgan fingerprint density at radius 3 is 2.35 bits per heavy atom. The first-order valence-electron chi connectivity index (χ1n) is 6.48. The lowest BCUT2D eigenvalue weighted by Gasteiger charge is -2.21. The van der Waals surface area contributed by atoms with Crippen LogP contribution in [-0.4, -0.2) is 26.3 Å². The van der Waals surface area contributed by atoms with E-state index in [2.05, 4.69) is 15.7 Å². The van der Waals surface area contributed by atoms with E-state index in [-0.39, 0.29) is 6.04 Å². The summed E-state index contributed by atoms with van der Waals surface area (Å²) in [5, 5.41) is 6.51. The van der Waals surface area contributed by atoms with Crippen LogP contribution in [0.25, 0.3) is 0 Å². The van der Waals surface area contributed by atoms with Gasteiger partial charge in [-0.1, -0.05) is 6.07 Å². The van der Waals surface area contributed by atoms with Crippen molar-refractivity contribution in [3.63, 3.8) is 0 Å². The summed E-state index contributed by atoms with van der Waals surface area (Å²) in [4.78, 5) is 4.53. The van der Waals surface area contributed by atoms with Crippen molar-refractivity contribution in [1.82, 2.24) is 10.3 Å². The molecule has 0 aliphatic carbocycles. The highest BCUT2D eigenvalue weighted by atomic mass is 32.1. The molecule has 0 fully saturated rings. The lowest BCUT2D eigenvalue weighted by Crippen LogP contribution is -2.20. The van der Waals surface area contributed by atoms with Crippen LogP contribution in [0.4, 0.5) is 0 Å². The number of aryl methyl sites for hydroxylation is 1. The summed E-state index contributed by atoms with van der Waals surface area (Å²) >= 11 is 1.68. The largest absolute Gasteiger partial charge is 0.496 e. The van der Waals surface area contributed by atoms with E-state index < -0.39 is 0 Å². The Labute approximate surface area is 123 Å². The first-order chi connectivity index (χ1) is 9.69. The van der Waals surface area contributed by atoms with Crippen molar-refractivity contribution in [3.05, 3.63) is 39.8 Å². The molecule has 2 rings (SSSR count). The zero-order valence-electron chi connectivity index (χ0n) is 12.3. The lowest BCUT2D eigenvalue weighted by molar-refractivity contribution is 0.373. The van der Waals surface area contributed by atoms with Gasteiger partial charge in [0.2, 0.25) is 0 Å². The Bertz CT molecular complexity index is 547. The first kappa shape index (κ1) is 14.8. The second-order valence-corrected chi connectivity index (χ2v) is 5.45. The minimum absolute atomic E-state index is 0.103. The molecule has 0 radical (unpaired) electrons. The third-order valence-corrected chi connectivity index (χ3v) is 4.20. The SMILES string of the molecule is CNC(Cc1nc(C)cs1)c1c(OC)cccc1OC. The summed E-state index contributed by atoms with van der Waals surface area (Å²) in [6, 6.07) is 5.94. The maximum atomic E-state index is 5.48. The number of nitrogens with one attached hydrogen (secondary N) is 1. The monoisotopic (exact) mass is 292 g/mol. The normalized spacial score (nSPS) is 12.2. The molecule has 1 atom stereocenters. The molecular formula is C15H20N2O2S. The highest BCUT2D eigenvalue weighted by Crippen LogP contribution is 2.35. The highest BCUT2D eigenvalue weighted by molar-refractivity contribution is 7.09. The predicted molar refractivity (Wildman–Crippen MR) is 81.9 cm³/mol. The number of likely N-dealkylation sites (N-methyl/N-ethyl adjacent to an activating group) is 1. The molecule has 1 heterocycles. The van der Waals surface area contributed by atoms with E-state index in [1.807, 2.05) is 32.2 Å². The number of aromatic nitrogens is 1. The quantitative estimate of drug-likeness (QED) is 0.889. The minimum atomic E-state index is 0.103. The van der Waals surface area contributed by atoms with Crippen molar-refractivity contribution in [2.45, 2.75) is 19.4 Å². The van der Waals surface area contributed by atoms with E-state index in [9.17, 15) is 0 Å². The van der Waals surface area contributed by atoms with Gasteiger partial charge < -0.3 is 14.8 Å². The number of hydrogen-bond donors (Lipinski definition) is 1. The first-order valence-corrected chi connectivity index (χ1v) is 7.36. The van der Waals surface area contributed by atoms with Crippen molar-refractivity contribution < 1.29 is 9.47 Å². The van der Waals surface area contributed by atoms with Gasteiger partial charge in [0.15, 0.2) is 0 Å². The summed E-state index contributed by atoms with van der Waals surface area (Å²) in [6.45, 7) is 2.01. The van der Waals surface area contributed by atoms with E-state index in [1.54, 1.807) is 25.6 Å². The van der Waals surface area contributed by atoms with E-state index in [1.165, 1.54) is 0 Å². The second kappa shape index (κ2) is 6.72. The summed E-state index contributed by atoms with van der Waals surface area (Å²) in [6.07, 6.45) is 0.811. The van der Waals surface area contributed by atoms with Crippen LogP contribution in [0.15, 0.2) is 23.6 Å². The second-order valence-electron chi connectivity index (χ2n) is 4.50. The number of benzene rings is 1. The Balaban J connectivity index is 2.35. The summed E-state index contributed by atoms with van der Waals surface area (Å²) < 4.78 is 11.0. The number of ether oxygens (including phenoxy) is 2. The van der Waals surface area contributed by atoms with Crippen LogP contribution in [0.1, 0.15) is 22.3 Å². The van der Waals surface area contributed by atoms with Crippen LogP contribution in [0.2, 0.25) is 0 Å². The number of hydrogen-bond acceptors (Lipinski definition) is 5. The molecule has 1 aromatic heterocycles. The predicted octanol–water partition coefficient (Wildman–Crippen LogP) is 2.97. The van der Waals surface area contributed by atoms with Crippen molar-refractivity contribution in [1.29, 1.82) is 0 Å². The van der Waals surface area contributed by atoms with Crippen molar-refractivity contribution >= 4 is 11.3 Å². The van der Waals surface area contributed by atoms with Crippen molar-refractivity contribution in [3.8, 4) is 11.5 Å². The van der Waals surface area contributed by atoms with Crippen LogP contribution in [0, 0.1) is 6.92 Å². The standard InChI is InChI=1S/C15H20N2O2S/c1-10-9-20-14(17-10)8-11(16-2)15-12(18-3)6-5-7-13(15)19-4/h5-7,9,11,16H,8H2,1-4H3. The summed E-state index contributed by atoms with van der Waals surface area (Å²) in [5.74, 6) is 1.66. The summed E-state index contributed by atoms with van der Waals surface area (Å²) in [7, 11) is 5.30. The molecule has 0 saturated carbocycles. The van der Waals surface area contributed by atoms with E-state index in [0.717, 1.165) is 34.2 Å². The highest BCUT2D eigenvalue weighted by Gasteiger charge is 2.21. The molecule has 1 N–H and O–H groups in total. The van der Waals surface area contributed by atoms with Crippen molar-refractivity contribution in [2.24, 2.45) is 0 Å². The van der Waals surface area contributed by atoms with E-state index >= 15 is 0 Å². The van der Waals surface area contributed by atoms with Gasteiger partial charge in [0, 0.05) is 23.5 Å². The molecule has 1 unspecified atom stereocenters. The van der Waals surface area contributed by atoms with Crippen LogP contribution < -0.4 is 14.8 Å². The molecule has 0 aliphatic heterocycles. The smallest absolute Gasteiger partial charge is 0.127 e. The van der Waals surface area contributed by atoms with Crippen LogP contribution in [0.3, 0.4) is 0 Å². The average molecular weight is 292 g/mol. The average Bonchev–Trinajstić information content (AvgIpc) is 2.89. The fourth-order valence-corrected chi connectivity index (χ4v) is 3.06. The van der Waals surface area contributed by atoms with Gasteiger partial charge in [-0.05, 0) is 26.1 Å². The molecule has 4 nitrogen and oxygen atoms in total. The number of thiazole rings is 1. The van der Waals surface area contributed by atoms with Crippen molar-refractivity contribution in [2.75, 3.05) is 21.3 Å². The summed E-state index contributed by atoms with van der Waals surface area (Å²) in [5.41, 5.74) is 2.10. The zero-order chi connectivity index (χ0) is 14.5. The maximum absolute atomic E-state index is 5.48. The Morgan fingerprint density at radius 1 is 1.25 bits per heavy atom. The van der Waals surface area contributed by atoms with Crippen LogP contribution in [-0.2, 0) is 6.42 Å². The Morgan fingerprint density at radius 2 is 1.90 bits per heavy atom. The molecule has 2 aromatic rings. The number of methoxy groups -OCH3 is 2. The maximum Gasteiger partial charge on any atom is 0.127 e. The molecule has 0 spiro atoms. The molecule has 0 amide bonds. The van der Waals surface area contributed by atoms with Gasteiger partial charge in [-0.2, -0.15) is 0 Å². The van der Waals surface area contributed by atoms with Gasteiger partial charge in [0.25, 0.3) is 0 Å². The van der Waals surface area contributed by atoms with Gasteiger partial charge in [0.1, 0.15) is 11.5 Å². The van der Waals surface area contributed by atoms with Gasteiger partial charge in [0.05, 0.1) is 24.8 Å². The fourth-order valence-electron chi connectivity index (χ4n) is 2.24. The van der Waals surface area contributed by atoms with Gasteiger partial charge >= 0.3 is 0 Å². The lowest BCUT2D eigenvalue weighted by atomic mass is 10.0. The third-order valence-electron chi connectivity index (χ3n) is 3.21. The Hall–Kier alpha value is -1.59. The third kappa shape index (κ3) is 3.11. The number of nitrogens with zero attached hydrogens (tertiary/aromatic N) is 1. The molecule has 1 aromatic carbocycles. The van der Waals surface area contributed by atoms with E-state index in [0.29, 0.717) is 0 Å². The molecule has 20 heavy (non-hydrogen) atoms. The molecule has 108 valence electrons. The van der Waals surface area contributed by atoms with Gasteiger partial charge in [-0.3, -0.25) is 0 Å². The van der Waals surface area contributed by atoms with Crippen LogP contribution in [0.5, 0.6) is 11.5 Å². The Kier molecular flexibility index (Phi) is 4.98. The minimum Gasteiger partial charge on any atom is -0.496 e. The number of rotatable bonds is 6. The zero-order valence-corrected chi connectivity index (χ0v) is 13.1. The molecule has 5 heteroatoms. The van der Waals surface area contributed by atoms with Gasteiger partial charge in [-0.15, -0.1) is 11.3 Å².